The van der Waals surface area contributed by atoms with Gasteiger partial charge in [0.1, 0.15) is 5.82 Å². The van der Waals surface area contributed by atoms with Gasteiger partial charge in [-0.25, -0.2) is 14.8 Å². The number of carboxylic acids is 1. The van der Waals surface area contributed by atoms with Crippen LogP contribution in [-0.2, 0) is 0 Å². The molecule has 6 nitrogen and oxygen atoms in total. The lowest BCUT2D eigenvalue weighted by atomic mass is 9.93. The van der Waals surface area contributed by atoms with E-state index in [1.165, 1.54) is 12.4 Å². The zero-order chi connectivity index (χ0) is 14.3. The van der Waals surface area contributed by atoms with Crippen molar-refractivity contribution in [2.24, 2.45) is 0 Å². The second kappa shape index (κ2) is 7.04. The Hall–Kier alpha value is -1.69. The van der Waals surface area contributed by atoms with Crippen LogP contribution >= 0.6 is 0 Å². The standard InChI is InChI=1S/C13H21N3O3/c1-3-5-13(19,6-4-2)9-16-11-8-14-10(7-15-11)12(17)18/h7-8,19H,3-6,9H2,1-2H3,(H,15,16)(H,17,18). The third kappa shape index (κ3) is 4.82. The van der Waals surface area contributed by atoms with Crippen LogP contribution in [0.15, 0.2) is 12.4 Å². The summed E-state index contributed by atoms with van der Waals surface area (Å²) in [5.41, 5.74) is -0.848. The smallest absolute Gasteiger partial charge is 0.356 e. The molecule has 0 spiro atoms. The minimum absolute atomic E-state index is 0.0945. The van der Waals surface area contributed by atoms with Crippen LogP contribution in [0.4, 0.5) is 5.82 Å². The second-order valence-electron chi connectivity index (χ2n) is 4.67. The van der Waals surface area contributed by atoms with Crippen LogP contribution in [0.5, 0.6) is 0 Å². The molecule has 0 aliphatic carbocycles. The molecule has 0 aromatic carbocycles. The van der Waals surface area contributed by atoms with Crippen molar-refractivity contribution in [2.75, 3.05) is 11.9 Å². The first-order chi connectivity index (χ1) is 9.00. The average molecular weight is 267 g/mol. The molecule has 0 saturated heterocycles. The molecule has 0 atom stereocenters. The largest absolute Gasteiger partial charge is 0.476 e. The lowest BCUT2D eigenvalue weighted by Crippen LogP contribution is -2.36. The summed E-state index contributed by atoms with van der Waals surface area (Å²) in [6.45, 7) is 4.44. The number of aromatic carboxylic acids is 1. The van der Waals surface area contributed by atoms with E-state index in [1.807, 2.05) is 13.8 Å². The summed E-state index contributed by atoms with van der Waals surface area (Å²) < 4.78 is 0. The molecule has 1 rings (SSSR count). The van der Waals surface area contributed by atoms with E-state index in [4.69, 9.17) is 5.11 Å². The van der Waals surface area contributed by atoms with E-state index >= 15 is 0 Å². The summed E-state index contributed by atoms with van der Waals surface area (Å²) in [6.07, 6.45) is 5.80. The van der Waals surface area contributed by atoms with Crippen molar-refractivity contribution in [3.05, 3.63) is 18.1 Å². The number of hydrogen-bond acceptors (Lipinski definition) is 5. The molecule has 106 valence electrons. The Balaban J connectivity index is 2.61. The summed E-state index contributed by atoms with van der Waals surface area (Å²) in [6, 6.07) is 0. The topological polar surface area (TPSA) is 95.3 Å². The number of carbonyl (C=O) groups is 1. The SMILES string of the molecule is CCCC(O)(CCC)CNc1cnc(C(=O)O)cn1. The van der Waals surface area contributed by atoms with Gasteiger partial charge in [-0.1, -0.05) is 26.7 Å². The Morgan fingerprint density at radius 2 is 1.89 bits per heavy atom. The Morgan fingerprint density at radius 1 is 1.26 bits per heavy atom. The van der Waals surface area contributed by atoms with Gasteiger partial charge in [0.25, 0.3) is 0 Å². The molecule has 0 saturated carbocycles. The van der Waals surface area contributed by atoms with Crippen LogP contribution in [0.1, 0.15) is 50.0 Å². The van der Waals surface area contributed by atoms with Crippen molar-refractivity contribution in [2.45, 2.75) is 45.1 Å². The van der Waals surface area contributed by atoms with Crippen molar-refractivity contribution < 1.29 is 15.0 Å². The molecule has 0 amide bonds. The van der Waals surface area contributed by atoms with Crippen molar-refractivity contribution in [3.63, 3.8) is 0 Å². The Labute approximate surface area is 112 Å². The van der Waals surface area contributed by atoms with E-state index in [2.05, 4.69) is 15.3 Å². The van der Waals surface area contributed by atoms with Gasteiger partial charge in [0.15, 0.2) is 5.69 Å². The number of carboxylic acid groups (broad SMARTS) is 1. The molecule has 1 aromatic heterocycles. The third-order valence-electron chi connectivity index (χ3n) is 2.90. The highest BCUT2D eigenvalue weighted by molar-refractivity contribution is 5.84. The van der Waals surface area contributed by atoms with Crippen LogP contribution in [0.2, 0.25) is 0 Å². The number of hydrogen-bond donors (Lipinski definition) is 3. The van der Waals surface area contributed by atoms with Gasteiger partial charge < -0.3 is 15.5 Å². The summed E-state index contributed by atoms with van der Waals surface area (Å²) in [5.74, 6) is -0.636. The molecule has 1 aromatic rings. The van der Waals surface area contributed by atoms with E-state index in [-0.39, 0.29) is 5.69 Å². The Bertz CT molecular complexity index is 400. The Kier molecular flexibility index (Phi) is 5.69. The first-order valence-corrected chi connectivity index (χ1v) is 6.52. The van der Waals surface area contributed by atoms with E-state index in [1.54, 1.807) is 0 Å². The molecule has 6 heteroatoms. The summed E-state index contributed by atoms with van der Waals surface area (Å²) in [5, 5.41) is 22.1. The van der Waals surface area contributed by atoms with Crippen LogP contribution in [0.25, 0.3) is 0 Å². The van der Waals surface area contributed by atoms with Crippen molar-refractivity contribution in [1.82, 2.24) is 9.97 Å². The molecule has 3 N–H and O–H groups in total. The fraction of sp³-hybridized carbons (Fsp3) is 0.615. The molecule has 19 heavy (non-hydrogen) atoms. The quantitative estimate of drug-likeness (QED) is 0.666. The van der Waals surface area contributed by atoms with Crippen LogP contribution < -0.4 is 5.32 Å². The number of aromatic nitrogens is 2. The molecule has 0 aliphatic rings. The minimum atomic E-state index is -1.10. The molecule has 0 bridgehead atoms. The highest BCUT2D eigenvalue weighted by Crippen LogP contribution is 2.20. The first kappa shape index (κ1) is 15.4. The molecule has 1 heterocycles. The molecule has 0 unspecified atom stereocenters. The third-order valence-corrected chi connectivity index (χ3v) is 2.90. The zero-order valence-corrected chi connectivity index (χ0v) is 11.4. The zero-order valence-electron chi connectivity index (χ0n) is 11.4. The van der Waals surface area contributed by atoms with Crippen molar-refractivity contribution >= 4 is 11.8 Å². The predicted octanol–water partition coefficient (Wildman–Crippen LogP) is 1.92. The van der Waals surface area contributed by atoms with E-state index in [0.717, 1.165) is 12.8 Å². The van der Waals surface area contributed by atoms with E-state index < -0.39 is 11.6 Å². The summed E-state index contributed by atoms with van der Waals surface area (Å²) in [7, 11) is 0. The normalized spacial score (nSPS) is 11.3. The summed E-state index contributed by atoms with van der Waals surface area (Å²) >= 11 is 0. The van der Waals surface area contributed by atoms with E-state index in [9.17, 15) is 9.90 Å². The van der Waals surface area contributed by atoms with Gasteiger partial charge in [0.2, 0.25) is 0 Å². The van der Waals surface area contributed by atoms with Gasteiger partial charge in [0.05, 0.1) is 18.0 Å². The highest BCUT2D eigenvalue weighted by Gasteiger charge is 2.24. The fourth-order valence-electron chi connectivity index (χ4n) is 2.02. The van der Waals surface area contributed by atoms with Crippen molar-refractivity contribution in [3.8, 4) is 0 Å². The monoisotopic (exact) mass is 267 g/mol. The van der Waals surface area contributed by atoms with Gasteiger partial charge >= 0.3 is 5.97 Å². The van der Waals surface area contributed by atoms with Crippen LogP contribution in [0.3, 0.4) is 0 Å². The number of nitrogens with zero attached hydrogens (tertiary/aromatic N) is 2. The van der Waals surface area contributed by atoms with Gasteiger partial charge in [-0.15, -0.1) is 0 Å². The number of nitrogens with one attached hydrogen (secondary N) is 1. The minimum Gasteiger partial charge on any atom is -0.476 e. The molecular weight excluding hydrogens is 246 g/mol. The summed E-state index contributed by atoms with van der Waals surface area (Å²) in [4.78, 5) is 18.4. The fourth-order valence-corrected chi connectivity index (χ4v) is 2.02. The average Bonchev–Trinajstić information content (AvgIpc) is 2.37. The van der Waals surface area contributed by atoms with Gasteiger partial charge in [-0.2, -0.15) is 0 Å². The van der Waals surface area contributed by atoms with Crippen LogP contribution in [0, 0.1) is 0 Å². The maximum atomic E-state index is 10.6. The second-order valence-corrected chi connectivity index (χ2v) is 4.67. The Morgan fingerprint density at radius 3 is 2.32 bits per heavy atom. The molecule has 0 aliphatic heterocycles. The van der Waals surface area contributed by atoms with Gasteiger partial charge in [0, 0.05) is 6.54 Å². The maximum absolute atomic E-state index is 10.6. The number of anilines is 1. The highest BCUT2D eigenvalue weighted by atomic mass is 16.4. The maximum Gasteiger partial charge on any atom is 0.356 e. The van der Waals surface area contributed by atoms with Gasteiger partial charge in [-0.3, -0.25) is 0 Å². The first-order valence-electron chi connectivity index (χ1n) is 6.52. The van der Waals surface area contributed by atoms with Crippen molar-refractivity contribution in [1.29, 1.82) is 0 Å². The molecular formula is C13H21N3O3. The van der Waals surface area contributed by atoms with E-state index in [0.29, 0.717) is 25.2 Å². The lowest BCUT2D eigenvalue weighted by Gasteiger charge is -2.27. The number of rotatable bonds is 8. The molecule has 0 radical (unpaired) electrons. The lowest BCUT2D eigenvalue weighted by molar-refractivity contribution is 0.0343. The van der Waals surface area contributed by atoms with Crippen LogP contribution in [-0.4, -0.2) is 38.3 Å². The number of aliphatic hydroxyl groups is 1. The predicted molar refractivity (Wildman–Crippen MR) is 72.2 cm³/mol. The molecule has 0 fully saturated rings. The van der Waals surface area contributed by atoms with Gasteiger partial charge in [-0.05, 0) is 12.8 Å².